The number of aliphatic carboxylic acids is 2. The molecule has 21 nitrogen and oxygen atoms in total. The number of hydrogen-bond acceptors (Lipinski definition) is 17. The lowest BCUT2D eigenvalue weighted by atomic mass is 9.84. The first-order valence-electron chi connectivity index (χ1n) is 15.0. The summed E-state index contributed by atoms with van der Waals surface area (Å²) < 4.78 is 74.5. The average molecular weight is 808 g/mol. The zero-order valence-corrected chi connectivity index (χ0v) is 29.6. The fraction of sp³-hybridized carbons (Fsp3) is 0.357. The van der Waals surface area contributed by atoms with E-state index in [2.05, 4.69) is 30.0 Å². The molecule has 294 valence electrons. The number of carbonyl (C=O) groups is 4. The molecule has 0 aliphatic carbocycles. The summed E-state index contributed by atoms with van der Waals surface area (Å²) in [6.07, 6.45) is -0.850. The Morgan fingerprint density at radius 1 is 1.22 bits per heavy atom. The summed E-state index contributed by atoms with van der Waals surface area (Å²) in [6.45, 7) is 3.57. The smallest absolute Gasteiger partial charge is 0.430 e. The Balaban J connectivity index is 0.00000102. The summed E-state index contributed by atoms with van der Waals surface area (Å²) in [4.78, 5) is 59.8. The van der Waals surface area contributed by atoms with Crippen molar-refractivity contribution in [3.63, 3.8) is 0 Å². The van der Waals surface area contributed by atoms with Gasteiger partial charge in [-0.2, -0.15) is 26.7 Å². The number of thiazole rings is 1. The minimum absolute atomic E-state index is 0.0512. The Morgan fingerprint density at radius 2 is 1.87 bits per heavy atom. The van der Waals surface area contributed by atoms with Gasteiger partial charge in [0.15, 0.2) is 23.2 Å². The lowest BCUT2D eigenvalue weighted by Gasteiger charge is -2.50. The van der Waals surface area contributed by atoms with E-state index in [0.717, 1.165) is 30.0 Å². The number of nitrogen functional groups attached to an aromatic ring is 1. The second-order valence-corrected chi connectivity index (χ2v) is 13.1. The Labute approximate surface area is 307 Å². The molecule has 1 aliphatic heterocycles. The number of carboxylic acids is 2. The van der Waals surface area contributed by atoms with Gasteiger partial charge in [-0.05, 0) is 32.5 Å². The minimum Gasteiger partial charge on any atom is -0.542 e. The Morgan fingerprint density at radius 3 is 2.35 bits per heavy atom. The number of amides is 2. The van der Waals surface area contributed by atoms with Gasteiger partial charge in [-0.15, -0.1) is 15.6 Å². The first-order chi connectivity index (χ1) is 25.1. The highest BCUT2D eigenvalue weighted by Crippen LogP contribution is 2.33. The third-order valence-corrected chi connectivity index (χ3v) is 7.81. The van der Waals surface area contributed by atoms with E-state index in [1.807, 2.05) is 29.1 Å². The third-order valence-electron chi connectivity index (χ3n) is 6.80. The fourth-order valence-electron chi connectivity index (χ4n) is 4.11. The molecule has 0 radical (unpaired) electrons. The lowest BCUT2D eigenvalue weighted by Crippen LogP contribution is -2.76. The number of rotatable bonds is 16. The number of alkyl halides is 3. The van der Waals surface area contributed by atoms with Crippen LogP contribution in [-0.2, 0) is 45.2 Å². The Hall–Kier alpha value is -5.70. The summed E-state index contributed by atoms with van der Waals surface area (Å²) in [7, 11) is -5.02. The number of aromatic nitrogens is 3. The van der Waals surface area contributed by atoms with Crippen LogP contribution in [0.5, 0.6) is 5.75 Å². The standard InChI is InChI=1S/C26H31N9O10S2.C2HF3O2/c1-26(2)21(23(37)35(26)45-47(40,41)42)32-22(36)20(17-14-46-25(28)31-17)33-44-18(24(38)39)13-43-16-4-5-19(29-12-16)30-15-6-10-34(11-7-15)9-3-8-27;3-2(4,5)1(6)7/h4-7,10-12,14,18,21H,3,8-9,13,27H2,1-2H3,(H5,28,31,32,36,38,39,40,41,42);(H,6,7)/b33-20-;/t18?,21-;/m1./s1. The molecule has 1 unspecified atom stereocenters. The summed E-state index contributed by atoms with van der Waals surface area (Å²) in [5, 5.41) is 29.4. The Kier molecular flexibility index (Phi) is 14.1. The first-order valence-corrected chi connectivity index (χ1v) is 17.2. The number of aryl methyl sites for hydroxylation is 1. The summed E-state index contributed by atoms with van der Waals surface area (Å²) in [5.74, 6) is -5.79. The van der Waals surface area contributed by atoms with Crippen LogP contribution >= 0.6 is 11.3 Å². The summed E-state index contributed by atoms with van der Waals surface area (Å²) in [6, 6.07) is 5.61. The molecule has 1 saturated heterocycles. The Bertz CT molecular complexity index is 1950. The van der Waals surface area contributed by atoms with Gasteiger partial charge in [0.25, 0.3) is 17.9 Å². The molecule has 3 aromatic heterocycles. The second-order valence-electron chi connectivity index (χ2n) is 11.2. The zero-order valence-electron chi connectivity index (χ0n) is 27.9. The largest absolute Gasteiger partial charge is 0.542 e. The topological polar surface area (TPSA) is 315 Å². The van der Waals surface area contributed by atoms with Gasteiger partial charge in [0.2, 0.25) is 0 Å². The first kappa shape index (κ1) is 42.7. The molecule has 4 heterocycles. The van der Waals surface area contributed by atoms with Gasteiger partial charge in [0.1, 0.15) is 42.4 Å². The molecule has 0 bridgehead atoms. The lowest BCUT2D eigenvalue weighted by molar-refractivity contribution is -0.697. The molecule has 26 heteroatoms. The van der Waals surface area contributed by atoms with Crippen molar-refractivity contribution in [2.75, 3.05) is 24.2 Å². The number of carboxylic acid groups (broad SMARTS) is 2. The van der Waals surface area contributed by atoms with Crippen LogP contribution in [0.2, 0.25) is 0 Å². The van der Waals surface area contributed by atoms with Crippen LogP contribution in [0.25, 0.3) is 0 Å². The third kappa shape index (κ3) is 12.2. The van der Waals surface area contributed by atoms with Crippen molar-refractivity contribution in [1.29, 1.82) is 0 Å². The van der Waals surface area contributed by atoms with E-state index in [0.29, 0.717) is 17.4 Å². The predicted octanol–water partition coefficient (Wildman–Crippen LogP) is -1.11. The van der Waals surface area contributed by atoms with Crippen molar-refractivity contribution in [2.24, 2.45) is 10.9 Å². The highest BCUT2D eigenvalue weighted by molar-refractivity contribution is 7.80. The van der Waals surface area contributed by atoms with E-state index >= 15 is 0 Å². The number of ether oxygens (including phenoxy) is 1. The number of hydroxylamine groups is 2. The molecule has 2 atom stereocenters. The van der Waals surface area contributed by atoms with Crippen molar-refractivity contribution < 1.29 is 74.0 Å². The summed E-state index contributed by atoms with van der Waals surface area (Å²) in [5.41, 5.74) is 9.96. The quantitative estimate of drug-likeness (QED) is 0.0329. The van der Waals surface area contributed by atoms with E-state index in [9.17, 15) is 41.1 Å². The number of pyridine rings is 2. The van der Waals surface area contributed by atoms with Crippen molar-refractivity contribution in [1.82, 2.24) is 20.3 Å². The second kappa shape index (κ2) is 17.9. The number of nitrogens with zero attached hydrogens (tertiary/aromatic N) is 5. The van der Waals surface area contributed by atoms with E-state index < -0.39 is 70.3 Å². The predicted molar refractivity (Wildman–Crippen MR) is 175 cm³/mol. The maximum atomic E-state index is 13.2. The van der Waals surface area contributed by atoms with Gasteiger partial charge in [0, 0.05) is 23.9 Å². The zero-order chi connectivity index (χ0) is 40.4. The van der Waals surface area contributed by atoms with Crippen molar-refractivity contribution in [3.05, 3.63) is 53.9 Å². The monoisotopic (exact) mass is 807 g/mol. The number of β-lactam (4-membered cyclic amide) rings is 1. The van der Waals surface area contributed by atoms with Gasteiger partial charge < -0.3 is 46.7 Å². The van der Waals surface area contributed by atoms with Crippen LogP contribution in [0.1, 0.15) is 26.0 Å². The van der Waals surface area contributed by atoms with Crippen molar-refractivity contribution >= 4 is 67.8 Å². The van der Waals surface area contributed by atoms with Crippen molar-refractivity contribution in [3.8, 4) is 5.75 Å². The van der Waals surface area contributed by atoms with Gasteiger partial charge in [-0.25, -0.2) is 19.3 Å². The fourth-order valence-corrected chi connectivity index (χ4v) is 5.11. The molecule has 8 N–H and O–H groups in total. The number of nitrogens with two attached hydrogens (primary N) is 2. The average Bonchev–Trinajstić information content (AvgIpc) is 3.52. The maximum Gasteiger partial charge on any atom is 0.430 e. The number of nitrogens with one attached hydrogen (secondary N) is 2. The van der Waals surface area contributed by atoms with E-state index in [-0.39, 0.29) is 16.6 Å². The summed E-state index contributed by atoms with van der Waals surface area (Å²) >= 11 is 0.951. The number of carbonyl (C=O) groups excluding carboxylic acids is 3. The van der Waals surface area contributed by atoms with Crippen molar-refractivity contribution in [2.45, 2.75) is 50.7 Å². The number of hydrogen-bond donors (Lipinski definition) is 6. The molecular formula is C28H32F3N9O12S2. The number of halogens is 3. The van der Waals surface area contributed by atoms with E-state index in [4.69, 9.17) is 35.5 Å². The van der Waals surface area contributed by atoms with Crippen LogP contribution in [0.3, 0.4) is 0 Å². The molecular weight excluding hydrogens is 775 g/mol. The van der Waals surface area contributed by atoms with Crippen LogP contribution < -0.4 is 36.5 Å². The molecule has 0 saturated carbocycles. The van der Waals surface area contributed by atoms with Gasteiger partial charge >= 0.3 is 22.5 Å². The molecule has 4 rings (SSSR count). The minimum atomic E-state index is -5.19. The highest BCUT2D eigenvalue weighted by atomic mass is 32.3. The van der Waals surface area contributed by atoms with Crippen LogP contribution in [0.15, 0.2) is 53.4 Å². The van der Waals surface area contributed by atoms with E-state index in [1.165, 1.54) is 25.4 Å². The van der Waals surface area contributed by atoms with Gasteiger partial charge in [-0.1, -0.05) is 5.16 Å². The molecule has 0 spiro atoms. The molecule has 1 aliphatic rings. The number of oxime groups is 1. The van der Waals surface area contributed by atoms with Crippen LogP contribution in [0, 0.1) is 0 Å². The van der Waals surface area contributed by atoms with Crippen LogP contribution in [0.4, 0.5) is 29.8 Å². The molecule has 54 heavy (non-hydrogen) atoms. The molecule has 0 aromatic carbocycles. The molecule has 2 amide bonds. The number of anilines is 3. The van der Waals surface area contributed by atoms with E-state index in [1.54, 1.807) is 12.1 Å². The highest BCUT2D eigenvalue weighted by Gasteiger charge is 2.58. The van der Waals surface area contributed by atoms with Gasteiger partial charge in [-0.3, -0.25) is 14.1 Å². The van der Waals surface area contributed by atoms with Crippen LogP contribution in [-0.4, -0.2) is 99.6 Å². The van der Waals surface area contributed by atoms with Gasteiger partial charge in [0.05, 0.1) is 17.4 Å². The molecule has 1 fully saturated rings. The molecule has 3 aromatic rings. The SMILES string of the molecule is CC1(C)[C@H](NC(=O)/C(=N\OC(COc2ccc(Nc3cc[n+](CCCN)cc3)nc2)C(=O)O)c2csc(N)n2)C(=O)N1OS(=O)(=O)O.O=C([O-])C(F)(F)F. The normalized spacial score (nSPS) is 15.9. The maximum absolute atomic E-state index is 13.2.